The molecule has 0 aliphatic carbocycles. The van der Waals surface area contributed by atoms with Crippen molar-refractivity contribution in [3.8, 4) is 0 Å². The van der Waals surface area contributed by atoms with Crippen molar-refractivity contribution >= 4 is 23.4 Å². The van der Waals surface area contributed by atoms with Crippen molar-refractivity contribution in [2.45, 2.75) is 5.03 Å². The minimum atomic E-state index is 0.682. The molecule has 0 amide bonds. The summed E-state index contributed by atoms with van der Waals surface area (Å²) in [6.45, 7) is 0. The van der Waals surface area contributed by atoms with Crippen molar-refractivity contribution in [2.24, 2.45) is 0 Å². The minimum Gasteiger partial charge on any atom is -0.250 e. The first-order chi connectivity index (χ1) is 4.93. The van der Waals surface area contributed by atoms with E-state index in [9.17, 15) is 0 Å². The first-order valence-electron chi connectivity index (χ1n) is 3.03. The van der Waals surface area contributed by atoms with Crippen LogP contribution in [0.25, 0.3) is 0 Å². The van der Waals surface area contributed by atoms with Crippen LogP contribution in [0.3, 0.4) is 0 Å². The van der Waals surface area contributed by atoms with Crippen LogP contribution in [0.2, 0.25) is 0 Å². The third kappa shape index (κ3) is 2.58. The highest BCUT2D eigenvalue weighted by Gasteiger charge is 1.90. The lowest BCUT2D eigenvalue weighted by molar-refractivity contribution is 1.13. The van der Waals surface area contributed by atoms with Gasteiger partial charge in [-0.25, -0.2) is 4.98 Å². The van der Waals surface area contributed by atoms with E-state index in [0.717, 1.165) is 10.8 Å². The Balaban J connectivity index is 2.43. The summed E-state index contributed by atoms with van der Waals surface area (Å²) in [4.78, 5) is 4.12. The summed E-state index contributed by atoms with van der Waals surface area (Å²) in [5.74, 6) is 1.61. The monoisotopic (exact) mass is 173 g/mol. The fourth-order valence-electron chi connectivity index (χ4n) is 0.576. The molecular formula is C7H8ClNS. The lowest BCUT2D eigenvalue weighted by Crippen LogP contribution is -1.81. The average Bonchev–Trinajstić information content (AvgIpc) is 2.03. The molecule has 0 radical (unpaired) electrons. The Morgan fingerprint density at radius 3 is 3.00 bits per heavy atom. The van der Waals surface area contributed by atoms with Crippen molar-refractivity contribution in [1.29, 1.82) is 0 Å². The van der Waals surface area contributed by atoms with Gasteiger partial charge in [-0.3, -0.25) is 0 Å². The number of alkyl halides is 1. The van der Waals surface area contributed by atoms with Crippen molar-refractivity contribution in [3.05, 3.63) is 24.4 Å². The molecule has 1 nitrogen and oxygen atoms in total. The quantitative estimate of drug-likeness (QED) is 0.515. The van der Waals surface area contributed by atoms with Gasteiger partial charge in [0.25, 0.3) is 0 Å². The number of thioether (sulfide) groups is 1. The number of hydrogen-bond donors (Lipinski definition) is 0. The third-order valence-corrected chi connectivity index (χ3v) is 2.32. The third-order valence-electron chi connectivity index (χ3n) is 0.965. The molecule has 0 bridgehead atoms. The van der Waals surface area contributed by atoms with E-state index in [4.69, 9.17) is 11.6 Å². The molecule has 0 fully saturated rings. The van der Waals surface area contributed by atoms with E-state index in [1.165, 1.54) is 0 Å². The molecule has 0 aromatic carbocycles. The smallest absolute Gasteiger partial charge is 0.0960 e. The van der Waals surface area contributed by atoms with Crippen LogP contribution in [0, 0.1) is 0 Å². The van der Waals surface area contributed by atoms with Crippen LogP contribution in [0.1, 0.15) is 0 Å². The maximum absolute atomic E-state index is 5.50. The van der Waals surface area contributed by atoms with Gasteiger partial charge < -0.3 is 0 Å². The summed E-state index contributed by atoms with van der Waals surface area (Å²) in [5, 5.41) is 1.04. The number of nitrogens with zero attached hydrogens (tertiary/aromatic N) is 1. The number of rotatable bonds is 3. The largest absolute Gasteiger partial charge is 0.250 e. The molecule has 10 heavy (non-hydrogen) atoms. The highest BCUT2D eigenvalue weighted by atomic mass is 35.5. The second kappa shape index (κ2) is 4.58. The van der Waals surface area contributed by atoms with E-state index in [1.54, 1.807) is 18.0 Å². The van der Waals surface area contributed by atoms with Crippen molar-refractivity contribution in [3.63, 3.8) is 0 Å². The zero-order valence-electron chi connectivity index (χ0n) is 5.46. The van der Waals surface area contributed by atoms with E-state index in [0.29, 0.717) is 5.88 Å². The molecule has 0 saturated carbocycles. The summed E-state index contributed by atoms with van der Waals surface area (Å²) < 4.78 is 0. The van der Waals surface area contributed by atoms with E-state index in [2.05, 4.69) is 4.98 Å². The number of pyridine rings is 1. The Kier molecular flexibility index (Phi) is 3.62. The number of halogens is 1. The van der Waals surface area contributed by atoms with Crippen LogP contribution >= 0.6 is 23.4 Å². The first kappa shape index (κ1) is 7.89. The van der Waals surface area contributed by atoms with Gasteiger partial charge in [-0.15, -0.1) is 23.4 Å². The molecule has 0 unspecified atom stereocenters. The molecule has 0 aliphatic heterocycles. The van der Waals surface area contributed by atoms with Crippen molar-refractivity contribution < 1.29 is 0 Å². The summed E-state index contributed by atoms with van der Waals surface area (Å²) in [6, 6.07) is 5.87. The van der Waals surface area contributed by atoms with Crippen LogP contribution in [-0.2, 0) is 0 Å². The molecule has 54 valence electrons. The van der Waals surface area contributed by atoms with E-state index in [-0.39, 0.29) is 0 Å². The lowest BCUT2D eigenvalue weighted by Gasteiger charge is -1.94. The maximum atomic E-state index is 5.50. The van der Waals surface area contributed by atoms with Gasteiger partial charge in [0.15, 0.2) is 0 Å². The van der Waals surface area contributed by atoms with Crippen molar-refractivity contribution in [2.75, 3.05) is 11.6 Å². The Morgan fingerprint density at radius 2 is 2.40 bits per heavy atom. The van der Waals surface area contributed by atoms with Gasteiger partial charge in [0.05, 0.1) is 5.03 Å². The normalized spacial score (nSPS) is 9.70. The predicted molar refractivity (Wildman–Crippen MR) is 45.7 cm³/mol. The second-order valence-electron chi connectivity index (χ2n) is 1.71. The van der Waals surface area contributed by atoms with E-state index >= 15 is 0 Å². The predicted octanol–water partition coefficient (Wildman–Crippen LogP) is 2.41. The van der Waals surface area contributed by atoms with Crippen LogP contribution in [0.4, 0.5) is 0 Å². The molecule has 0 spiro atoms. The summed E-state index contributed by atoms with van der Waals surface area (Å²) in [6.07, 6.45) is 1.79. The molecule has 1 rings (SSSR count). The van der Waals surface area contributed by atoms with Crippen molar-refractivity contribution in [1.82, 2.24) is 4.98 Å². The van der Waals surface area contributed by atoms with E-state index < -0.39 is 0 Å². The fraction of sp³-hybridized carbons (Fsp3) is 0.286. The summed E-state index contributed by atoms with van der Waals surface area (Å²) >= 11 is 7.18. The molecule has 1 aromatic rings. The lowest BCUT2D eigenvalue weighted by atomic mass is 10.5. The molecule has 1 heterocycles. The van der Waals surface area contributed by atoms with Gasteiger partial charge in [-0.1, -0.05) is 6.07 Å². The Hall–Kier alpha value is -0.210. The van der Waals surface area contributed by atoms with Crippen LogP contribution in [0.5, 0.6) is 0 Å². The van der Waals surface area contributed by atoms with Gasteiger partial charge in [0, 0.05) is 17.8 Å². The molecule has 1 aromatic heterocycles. The zero-order chi connectivity index (χ0) is 7.23. The highest BCUT2D eigenvalue weighted by Crippen LogP contribution is 2.13. The van der Waals surface area contributed by atoms with Gasteiger partial charge >= 0.3 is 0 Å². The molecular weight excluding hydrogens is 166 g/mol. The summed E-state index contributed by atoms with van der Waals surface area (Å²) in [5.41, 5.74) is 0. The first-order valence-corrected chi connectivity index (χ1v) is 4.55. The summed E-state index contributed by atoms with van der Waals surface area (Å²) in [7, 11) is 0. The zero-order valence-corrected chi connectivity index (χ0v) is 7.03. The Bertz CT molecular complexity index is 178. The topological polar surface area (TPSA) is 12.9 Å². The van der Waals surface area contributed by atoms with Crippen LogP contribution in [-0.4, -0.2) is 16.6 Å². The number of aromatic nitrogens is 1. The average molecular weight is 174 g/mol. The van der Waals surface area contributed by atoms with Gasteiger partial charge in [0.1, 0.15) is 0 Å². The van der Waals surface area contributed by atoms with Gasteiger partial charge in [-0.2, -0.15) is 0 Å². The molecule has 3 heteroatoms. The standard InChI is InChI=1S/C7H8ClNS/c8-4-6-10-7-3-1-2-5-9-7/h1-3,5H,4,6H2. The van der Waals surface area contributed by atoms with Gasteiger partial charge in [-0.05, 0) is 12.1 Å². The minimum absolute atomic E-state index is 0.682. The highest BCUT2D eigenvalue weighted by molar-refractivity contribution is 7.99. The SMILES string of the molecule is ClCCSc1ccccn1. The molecule has 0 saturated heterocycles. The fourth-order valence-corrected chi connectivity index (χ4v) is 1.40. The molecule has 0 atom stereocenters. The molecule has 0 N–H and O–H groups in total. The Labute approximate surface area is 69.8 Å². The van der Waals surface area contributed by atoms with Gasteiger partial charge in [0.2, 0.25) is 0 Å². The van der Waals surface area contributed by atoms with Crippen LogP contribution < -0.4 is 0 Å². The Morgan fingerprint density at radius 1 is 1.50 bits per heavy atom. The van der Waals surface area contributed by atoms with E-state index in [1.807, 2.05) is 18.2 Å². The molecule has 0 aliphatic rings. The second-order valence-corrected chi connectivity index (χ2v) is 3.20. The number of hydrogen-bond acceptors (Lipinski definition) is 2. The maximum Gasteiger partial charge on any atom is 0.0960 e. The van der Waals surface area contributed by atoms with Crippen LogP contribution in [0.15, 0.2) is 29.4 Å².